The van der Waals surface area contributed by atoms with E-state index in [9.17, 15) is 4.79 Å². The number of anilines is 1. The van der Waals surface area contributed by atoms with Crippen molar-refractivity contribution in [2.24, 2.45) is 5.92 Å². The Morgan fingerprint density at radius 3 is 2.86 bits per heavy atom. The van der Waals surface area contributed by atoms with Gasteiger partial charge in [0.25, 0.3) is 0 Å². The lowest BCUT2D eigenvalue weighted by Gasteiger charge is -2.32. The van der Waals surface area contributed by atoms with Crippen LogP contribution in [-0.4, -0.2) is 51.9 Å². The second-order valence-electron chi connectivity index (χ2n) is 6.92. The smallest absolute Gasteiger partial charge is 0.225 e. The monoisotopic (exact) mass is 392 g/mol. The first-order valence-electron chi connectivity index (χ1n) is 9.82. The molecule has 1 unspecified atom stereocenters. The number of benzene rings is 1. The molecule has 1 aliphatic rings. The minimum atomic E-state index is -0.0661. The van der Waals surface area contributed by atoms with Gasteiger partial charge < -0.3 is 15.0 Å². The minimum absolute atomic E-state index is 0.0627. The van der Waals surface area contributed by atoms with Crippen LogP contribution in [0.2, 0.25) is 0 Å². The highest BCUT2D eigenvalue weighted by Crippen LogP contribution is 2.22. The number of aromatic nitrogens is 4. The summed E-state index contributed by atoms with van der Waals surface area (Å²) < 4.78 is 7.33. The normalized spacial score (nSPS) is 16.4. The topological polar surface area (TPSA) is 85.2 Å². The fourth-order valence-corrected chi connectivity index (χ4v) is 3.44. The van der Waals surface area contributed by atoms with Crippen LogP contribution in [-0.2, 0) is 4.79 Å². The third-order valence-electron chi connectivity index (χ3n) is 4.91. The summed E-state index contributed by atoms with van der Waals surface area (Å²) in [5, 5.41) is 7.20. The summed E-state index contributed by atoms with van der Waals surface area (Å²) in [5.74, 6) is 2.33. The zero-order valence-corrected chi connectivity index (χ0v) is 16.1. The molecule has 1 N–H and O–H groups in total. The molecule has 1 amide bonds. The molecule has 0 saturated carbocycles. The number of nitrogens with zero attached hydrogens (tertiary/aromatic N) is 5. The number of ether oxygens (including phenoxy) is 1. The Bertz CT molecular complexity index is 916. The molecule has 1 saturated heterocycles. The Kier molecular flexibility index (Phi) is 5.99. The first-order valence-corrected chi connectivity index (χ1v) is 9.82. The van der Waals surface area contributed by atoms with Crippen molar-refractivity contribution < 1.29 is 9.53 Å². The van der Waals surface area contributed by atoms with Gasteiger partial charge in [0.15, 0.2) is 5.82 Å². The van der Waals surface area contributed by atoms with Gasteiger partial charge in [-0.3, -0.25) is 4.79 Å². The van der Waals surface area contributed by atoms with Gasteiger partial charge in [0, 0.05) is 31.5 Å². The van der Waals surface area contributed by atoms with Gasteiger partial charge >= 0.3 is 0 Å². The molecule has 8 nitrogen and oxygen atoms in total. The minimum Gasteiger partial charge on any atom is -0.492 e. The van der Waals surface area contributed by atoms with E-state index in [1.54, 1.807) is 10.9 Å². The van der Waals surface area contributed by atoms with E-state index in [-0.39, 0.29) is 11.8 Å². The number of para-hydroxylation sites is 1. The number of carbonyl (C=O) groups is 1. The molecule has 1 aliphatic heterocycles. The fraction of sp³-hybridized carbons (Fsp3) is 0.333. The molecular formula is C21H24N6O2. The second kappa shape index (κ2) is 9.18. The van der Waals surface area contributed by atoms with Crippen molar-refractivity contribution in [2.45, 2.75) is 12.8 Å². The van der Waals surface area contributed by atoms with Crippen LogP contribution >= 0.6 is 0 Å². The summed E-state index contributed by atoms with van der Waals surface area (Å²) in [6.07, 6.45) is 6.91. The van der Waals surface area contributed by atoms with Crippen LogP contribution in [0, 0.1) is 5.92 Å². The van der Waals surface area contributed by atoms with E-state index >= 15 is 0 Å². The molecule has 29 heavy (non-hydrogen) atoms. The molecule has 0 bridgehead atoms. The summed E-state index contributed by atoms with van der Waals surface area (Å²) >= 11 is 0. The van der Waals surface area contributed by atoms with Crippen LogP contribution < -0.4 is 15.0 Å². The highest BCUT2D eigenvalue weighted by Gasteiger charge is 2.26. The lowest BCUT2D eigenvalue weighted by molar-refractivity contribution is -0.125. The van der Waals surface area contributed by atoms with Crippen LogP contribution in [0.5, 0.6) is 5.75 Å². The Labute approximate surface area is 169 Å². The van der Waals surface area contributed by atoms with Gasteiger partial charge in [-0.1, -0.05) is 18.2 Å². The van der Waals surface area contributed by atoms with E-state index in [0.717, 1.165) is 31.0 Å². The lowest BCUT2D eigenvalue weighted by Crippen LogP contribution is -2.44. The predicted molar refractivity (Wildman–Crippen MR) is 109 cm³/mol. The van der Waals surface area contributed by atoms with Gasteiger partial charge in [-0.25, -0.2) is 14.6 Å². The average molecular weight is 392 g/mol. The van der Waals surface area contributed by atoms with Crippen LogP contribution in [0.15, 0.2) is 61.2 Å². The Morgan fingerprint density at radius 1 is 1.17 bits per heavy atom. The van der Waals surface area contributed by atoms with E-state index in [4.69, 9.17) is 4.74 Å². The van der Waals surface area contributed by atoms with E-state index in [2.05, 4.69) is 25.3 Å². The lowest BCUT2D eigenvalue weighted by atomic mass is 9.97. The number of nitrogens with one attached hydrogen (secondary N) is 1. The van der Waals surface area contributed by atoms with Crippen molar-refractivity contribution in [1.29, 1.82) is 0 Å². The summed E-state index contributed by atoms with van der Waals surface area (Å²) in [6.45, 7) is 2.45. The molecular weight excluding hydrogens is 368 g/mol. The maximum Gasteiger partial charge on any atom is 0.225 e. The van der Waals surface area contributed by atoms with E-state index in [0.29, 0.717) is 25.5 Å². The number of amides is 1. The van der Waals surface area contributed by atoms with Crippen LogP contribution in [0.1, 0.15) is 12.8 Å². The molecule has 3 aromatic rings. The highest BCUT2D eigenvalue weighted by molar-refractivity contribution is 5.79. The van der Waals surface area contributed by atoms with Crippen molar-refractivity contribution in [3.63, 3.8) is 0 Å². The first-order chi connectivity index (χ1) is 14.3. The maximum absolute atomic E-state index is 12.6. The van der Waals surface area contributed by atoms with Gasteiger partial charge in [0.2, 0.25) is 5.91 Å². The van der Waals surface area contributed by atoms with Crippen molar-refractivity contribution >= 4 is 11.7 Å². The van der Waals surface area contributed by atoms with Crippen molar-refractivity contribution in [3.05, 3.63) is 61.2 Å². The molecule has 0 radical (unpaired) electrons. The zero-order chi connectivity index (χ0) is 19.9. The summed E-state index contributed by atoms with van der Waals surface area (Å²) in [5.41, 5.74) is 0. The van der Waals surface area contributed by atoms with Crippen molar-refractivity contribution in [3.8, 4) is 11.6 Å². The third-order valence-corrected chi connectivity index (χ3v) is 4.91. The first kappa shape index (κ1) is 18.9. The van der Waals surface area contributed by atoms with Gasteiger partial charge in [0.05, 0.1) is 12.5 Å². The SMILES string of the molecule is O=C(NCCOc1ccccc1)C1CCCN(c2cc(-n3cccn3)ncn2)C1. The van der Waals surface area contributed by atoms with E-state index in [1.165, 1.54) is 6.33 Å². The Balaban J connectivity index is 1.30. The van der Waals surface area contributed by atoms with Crippen LogP contribution in [0.3, 0.4) is 0 Å². The second-order valence-corrected chi connectivity index (χ2v) is 6.92. The van der Waals surface area contributed by atoms with Crippen molar-refractivity contribution in [2.75, 3.05) is 31.1 Å². The van der Waals surface area contributed by atoms with Gasteiger partial charge in [-0.2, -0.15) is 5.10 Å². The maximum atomic E-state index is 12.6. The molecule has 0 aliphatic carbocycles. The number of hydrogen-bond acceptors (Lipinski definition) is 6. The Morgan fingerprint density at radius 2 is 2.03 bits per heavy atom. The molecule has 8 heteroatoms. The largest absolute Gasteiger partial charge is 0.492 e. The molecule has 2 aromatic heterocycles. The Hall–Kier alpha value is -3.42. The van der Waals surface area contributed by atoms with E-state index < -0.39 is 0 Å². The third kappa shape index (κ3) is 4.90. The number of piperidine rings is 1. The molecule has 150 valence electrons. The predicted octanol–water partition coefficient (Wildman–Crippen LogP) is 2.07. The number of hydrogen-bond donors (Lipinski definition) is 1. The molecule has 1 fully saturated rings. The number of rotatable bonds is 7. The quantitative estimate of drug-likeness (QED) is 0.620. The van der Waals surface area contributed by atoms with Gasteiger partial charge in [0.1, 0.15) is 24.5 Å². The molecule has 1 atom stereocenters. The molecule has 1 aromatic carbocycles. The van der Waals surface area contributed by atoms with Crippen LogP contribution in [0.25, 0.3) is 5.82 Å². The average Bonchev–Trinajstić information content (AvgIpc) is 3.33. The fourth-order valence-electron chi connectivity index (χ4n) is 3.44. The summed E-state index contributed by atoms with van der Waals surface area (Å²) in [7, 11) is 0. The molecule has 4 rings (SSSR count). The van der Waals surface area contributed by atoms with E-state index in [1.807, 2.05) is 48.7 Å². The van der Waals surface area contributed by atoms with Gasteiger partial charge in [-0.15, -0.1) is 0 Å². The highest BCUT2D eigenvalue weighted by atomic mass is 16.5. The number of carbonyl (C=O) groups excluding carboxylic acids is 1. The standard InChI is InChI=1S/C21H24N6O2/c28-21(22-10-13-29-18-7-2-1-3-8-18)17-6-4-11-26(15-17)19-14-20(24-16-23-19)27-12-5-9-25-27/h1-3,5,7-9,12,14,16-17H,4,6,10-11,13,15H2,(H,22,28). The van der Waals surface area contributed by atoms with Gasteiger partial charge in [-0.05, 0) is 31.0 Å². The summed E-state index contributed by atoms with van der Waals surface area (Å²) in [6, 6.07) is 13.4. The summed E-state index contributed by atoms with van der Waals surface area (Å²) in [4.78, 5) is 23.4. The van der Waals surface area contributed by atoms with Crippen LogP contribution in [0.4, 0.5) is 5.82 Å². The zero-order valence-electron chi connectivity index (χ0n) is 16.1. The molecule has 0 spiro atoms. The molecule has 3 heterocycles. The van der Waals surface area contributed by atoms with Crippen molar-refractivity contribution in [1.82, 2.24) is 25.1 Å².